The van der Waals surface area contributed by atoms with Crippen molar-refractivity contribution in [2.45, 2.75) is 55.0 Å². The molecule has 0 aliphatic heterocycles. The molecule has 0 aliphatic rings. The fourth-order valence-electron chi connectivity index (χ4n) is 8.37. The second-order valence-corrected chi connectivity index (χ2v) is 17.2. The van der Waals surface area contributed by atoms with Crippen LogP contribution in [0.3, 0.4) is 0 Å². The zero-order valence-electron chi connectivity index (χ0n) is 38.2. The second-order valence-electron chi connectivity index (χ2n) is 17.2. The summed E-state index contributed by atoms with van der Waals surface area (Å²) in [5, 5.41) is 21.2. The molecule has 0 heterocycles. The average molecular weight is 1150 g/mol. The largest absolute Gasteiger partial charge is 0.635 e. The Morgan fingerprint density at radius 2 is 0.456 bits per heavy atom. The van der Waals surface area contributed by atoms with Gasteiger partial charge in [-0.3, -0.25) is 0 Å². The molecule has 79 heavy (non-hydrogen) atoms. The molecular formula is C51H25BF24O3. The van der Waals surface area contributed by atoms with E-state index in [-0.39, 0.29) is 66.7 Å². The van der Waals surface area contributed by atoms with Crippen LogP contribution in [0.1, 0.15) is 61.2 Å². The van der Waals surface area contributed by atoms with E-state index in [1.165, 1.54) is 0 Å². The Morgan fingerprint density at radius 3 is 0.696 bits per heavy atom. The van der Waals surface area contributed by atoms with Gasteiger partial charge in [0.2, 0.25) is 0 Å². The quantitative estimate of drug-likeness (QED) is 0.0860. The third-order valence-electron chi connectivity index (χ3n) is 11.9. The van der Waals surface area contributed by atoms with Gasteiger partial charge in [-0.25, -0.2) is 0 Å². The summed E-state index contributed by atoms with van der Waals surface area (Å²) in [4.78, 5) is 0. The molecule has 7 rings (SSSR count). The fraction of sp³-hybridized carbons (Fsp3) is 0.176. The zero-order chi connectivity index (χ0) is 59.0. The van der Waals surface area contributed by atoms with Crippen molar-refractivity contribution in [3.05, 3.63) is 201 Å². The number of alkyl halides is 24. The minimum atomic E-state index is -5.69. The van der Waals surface area contributed by atoms with Gasteiger partial charge >= 0.3 is 56.7 Å². The first-order valence-corrected chi connectivity index (χ1v) is 21.6. The molecule has 0 bridgehead atoms. The van der Waals surface area contributed by atoms with E-state index < -0.39 is 174 Å². The molecule has 28 heteroatoms. The topological polar surface area (TPSA) is 49.7 Å². The summed E-state index contributed by atoms with van der Waals surface area (Å²) >= 11 is 0. The molecule has 0 unspecified atom stereocenters. The van der Waals surface area contributed by atoms with Crippen LogP contribution >= 0.6 is 0 Å². The Morgan fingerprint density at radius 1 is 0.228 bits per heavy atom. The summed E-state index contributed by atoms with van der Waals surface area (Å²) in [5.41, 5.74) is -28.0. The predicted octanol–water partition coefficient (Wildman–Crippen LogP) is 17.8. The summed E-state index contributed by atoms with van der Waals surface area (Å²) in [6.45, 7) is 0. The first-order valence-electron chi connectivity index (χ1n) is 21.6. The number of hydrogen-bond donors (Lipinski definition) is 2. The lowest BCUT2D eigenvalue weighted by Crippen LogP contribution is -2.39. The predicted molar refractivity (Wildman–Crippen MR) is 232 cm³/mol. The second kappa shape index (κ2) is 20.2. The van der Waals surface area contributed by atoms with Gasteiger partial charge in [-0.2, -0.15) is 105 Å². The van der Waals surface area contributed by atoms with Crippen LogP contribution in [-0.2, 0) is 59.7 Å². The normalized spacial score (nSPS) is 13.5. The third-order valence-corrected chi connectivity index (χ3v) is 11.9. The molecule has 7 aromatic rings. The maximum Gasteiger partial charge on any atom is 0.635 e. The van der Waals surface area contributed by atoms with E-state index in [2.05, 4.69) is 0 Å². The lowest BCUT2D eigenvalue weighted by atomic mass is 9.76. The highest BCUT2D eigenvalue weighted by atomic mass is 19.4. The summed E-state index contributed by atoms with van der Waals surface area (Å²) in [6.07, 6.45) is -44.3. The number of rotatable bonds is 9. The van der Waals surface area contributed by atoms with E-state index in [1.54, 1.807) is 0 Å². The lowest BCUT2D eigenvalue weighted by molar-refractivity contribution is -0.144. The van der Waals surface area contributed by atoms with Crippen molar-refractivity contribution in [3.63, 3.8) is 0 Å². The van der Waals surface area contributed by atoms with E-state index in [1.807, 2.05) is 0 Å². The average Bonchev–Trinajstić information content (AvgIpc) is 3.50. The first-order chi connectivity index (χ1) is 36.0. The van der Waals surface area contributed by atoms with Crippen LogP contribution < -0.4 is 0 Å². The SMILES string of the molecule is OB(O)OC(c1ccc(-c2cc(C(F)(F)F)cc(C(F)(F)F)c2)cc1)(c1ccc(-c2cc(C(F)(F)F)cc(C(F)(F)F)c2)cc1)c1ccc(-c2cc(C(F)(F)F)cc(C(F)(F)F)c2)c(-c2cc(C(F)(F)F)cc(C(F)(F)F)c2)c1. The Kier molecular flexibility index (Phi) is 15.2. The van der Waals surface area contributed by atoms with Crippen molar-refractivity contribution < 1.29 is 120 Å². The van der Waals surface area contributed by atoms with Gasteiger partial charge < -0.3 is 14.7 Å². The Bertz CT molecular complexity index is 3130. The molecule has 0 aromatic heterocycles. The van der Waals surface area contributed by atoms with E-state index >= 15 is 0 Å². The van der Waals surface area contributed by atoms with Gasteiger partial charge in [0, 0.05) is 0 Å². The molecule has 0 saturated heterocycles. The van der Waals surface area contributed by atoms with Gasteiger partial charge in [0.15, 0.2) is 0 Å². The highest BCUT2D eigenvalue weighted by Crippen LogP contribution is 2.50. The highest BCUT2D eigenvalue weighted by Gasteiger charge is 2.45. The van der Waals surface area contributed by atoms with Gasteiger partial charge in [0.25, 0.3) is 0 Å². The van der Waals surface area contributed by atoms with Gasteiger partial charge in [0.1, 0.15) is 5.60 Å². The molecule has 7 aromatic carbocycles. The van der Waals surface area contributed by atoms with Crippen molar-refractivity contribution in [1.82, 2.24) is 0 Å². The maximum absolute atomic E-state index is 14.4. The summed E-state index contributed by atoms with van der Waals surface area (Å²) < 4.78 is 344. The Labute approximate surface area is 427 Å². The molecule has 0 atom stereocenters. The van der Waals surface area contributed by atoms with Gasteiger partial charge in [0.05, 0.1) is 44.5 Å². The van der Waals surface area contributed by atoms with Crippen LogP contribution in [0, 0.1) is 0 Å². The van der Waals surface area contributed by atoms with Gasteiger partial charge in [-0.05, 0) is 140 Å². The molecule has 0 saturated carbocycles. The van der Waals surface area contributed by atoms with Gasteiger partial charge in [-0.15, -0.1) is 0 Å². The zero-order valence-corrected chi connectivity index (χ0v) is 38.2. The number of benzene rings is 7. The summed E-state index contributed by atoms with van der Waals surface area (Å²) in [6, 6.07) is 7.58. The van der Waals surface area contributed by atoms with Crippen LogP contribution in [0.15, 0.2) is 140 Å². The fourth-order valence-corrected chi connectivity index (χ4v) is 8.37. The molecule has 0 radical (unpaired) electrons. The van der Waals surface area contributed by atoms with Crippen molar-refractivity contribution in [2.24, 2.45) is 0 Å². The first kappa shape index (κ1) is 59.5. The van der Waals surface area contributed by atoms with Crippen molar-refractivity contribution in [1.29, 1.82) is 0 Å². The molecule has 3 nitrogen and oxygen atoms in total. The molecule has 0 fully saturated rings. The maximum atomic E-state index is 14.4. The van der Waals surface area contributed by atoms with Crippen LogP contribution in [0.2, 0.25) is 0 Å². The van der Waals surface area contributed by atoms with Gasteiger partial charge in [-0.1, -0.05) is 60.7 Å². The summed E-state index contributed by atoms with van der Waals surface area (Å²) in [5.74, 6) is 0. The number of halogens is 24. The highest BCUT2D eigenvalue weighted by molar-refractivity contribution is 6.33. The van der Waals surface area contributed by atoms with E-state index in [0.29, 0.717) is 18.2 Å². The van der Waals surface area contributed by atoms with E-state index in [0.717, 1.165) is 48.5 Å². The minimum Gasteiger partial charge on any atom is -0.402 e. The van der Waals surface area contributed by atoms with Crippen LogP contribution in [-0.4, -0.2) is 17.4 Å². The number of hydrogen-bond acceptors (Lipinski definition) is 3. The Balaban J connectivity index is 1.61. The van der Waals surface area contributed by atoms with E-state index in [9.17, 15) is 115 Å². The minimum absolute atomic E-state index is 0.0162. The third kappa shape index (κ3) is 13.0. The lowest BCUT2D eigenvalue weighted by Gasteiger charge is -2.37. The molecular weight excluding hydrogens is 1130 g/mol. The smallest absolute Gasteiger partial charge is 0.402 e. The monoisotopic (exact) mass is 1150 g/mol. The molecule has 0 spiro atoms. The van der Waals surface area contributed by atoms with Crippen LogP contribution in [0.5, 0.6) is 0 Å². The molecule has 418 valence electrons. The van der Waals surface area contributed by atoms with E-state index in [4.69, 9.17) is 4.65 Å². The van der Waals surface area contributed by atoms with Crippen molar-refractivity contribution in [2.75, 3.05) is 0 Å². The molecule has 0 amide bonds. The van der Waals surface area contributed by atoms with Crippen molar-refractivity contribution >= 4 is 7.32 Å². The van der Waals surface area contributed by atoms with Crippen molar-refractivity contribution in [3.8, 4) is 44.5 Å². The summed E-state index contributed by atoms with van der Waals surface area (Å²) in [7, 11) is -3.18. The molecule has 2 N–H and O–H groups in total. The standard InChI is InChI=1S/C51H25BF24O3/c53-44(54,55)33-11-26(12-34(19-33)45(56,57)58)24-1-5-30(6-2-24)43(79-52(77)78,31-7-3-25(4-8-31)27-13-35(46(59,60)61)20-36(14-27)47(62,63)64)32-9-10-41(28-15-37(48(65,66)67)21-38(16-28)49(68,69)70)42(23-32)29-17-39(50(71,72)73)22-40(18-29)51(74,75)76/h1-23,77-78H. The van der Waals surface area contributed by atoms with Crippen LogP contribution in [0.4, 0.5) is 105 Å². The van der Waals surface area contributed by atoms with Crippen LogP contribution in [0.25, 0.3) is 44.5 Å². The Hall–Kier alpha value is -7.20. The molecule has 0 aliphatic carbocycles.